The van der Waals surface area contributed by atoms with Gasteiger partial charge in [0.15, 0.2) is 0 Å². The normalized spacial score (nSPS) is 19.5. The van der Waals surface area contributed by atoms with Gasteiger partial charge >= 0.3 is 0 Å². The molecular weight excluding hydrogens is 340 g/mol. The minimum Gasteiger partial charge on any atom is -0.377 e. The van der Waals surface area contributed by atoms with Gasteiger partial charge in [-0.1, -0.05) is 68.0 Å². The van der Waals surface area contributed by atoms with Gasteiger partial charge in [0.1, 0.15) is 0 Å². The van der Waals surface area contributed by atoms with Crippen LogP contribution in [0.1, 0.15) is 75.3 Å². The number of allylic oxidation sites excluding steroid dienone is 1. The zero-order valence-electron chi connectivity index (χ0n) is 17.5. The van der Waals surface area contributed by atoms with E-state index in [1.165, 1.54) is 67.2 Å². The van der Waals surface area contributed by atoms with Crippen LogP contribution in [0.3, 0.4) is 0 Å². The smallest absolute Gasteiger partial charge is 0.0716 e. The summed E-state index contributed by atoms with van der Waals surface area (Å²) in [5.74, 6) is 1.66. The van der Waals surface area contributed by atoms with E-state index in [-0.39, 0.29) is 0 Å². The topological polar surface area (TPSA) is 9.23 Å². The first-order valence-corrected chi connectivity index (χ1v) is 11.2. The van der Waals surface area contributed by atoms with Crippen molar-refractivity contribution in [2.24, 2.45) is 5.92 Å². The van der Waals surface area contributed by atoms with Crippen molar-refractivity contribution in [3.63, 3.8) is 0 Å². The summed E-state index contributed by atoms with van der Waals surface area (Å²) in [6, 6.07) is 18.1. The quantitative estimate of drug-likeness (QED) is 0.302. The number of ether oxygens (including phenoxy) is 1. The van der Waals surface area contributed by atoms with Gasteiger partial charge in [-0.3, -0.25) is 0 Å². The minimum atomic E-state index is 0.717. The molecule has 2 aromatic rings. The average Bonchev–Trinajstić information content (AvgIpc) is 2.76. The Balaban J connectivity index is 1.52. The summed E-state index contributed by atoms with van der Waals surface area (Å²) in [5.41, 5.74) is 5.37. The summed E-state index contributed by atoms with van der Waals surface area (Å²) >= 11 is 0. The van der Waals surface area contributed by atoms with Crippen LogP contribution < -0.4 is 0 Å². The highest BCUT2D eigenvalue weighted by atomic mass is 16.5. The lowest BCUT2D eigenvalue weighted by Gasteiger charge is -2.28. The fourth-order valence-electron chi connectivity index (χ4n) is 4.32. The molecule has 1 heteroatoms. The van der Waals surface area contributed by atoms with E-state index in [4.69, 9.17) is 4.74 Å². The number of hydrogen-bond acceptors (Lipinski definition) is 1. The molecule has 0 aliphatic heterocycles. The molecule has 28 heavy (non-hydrogen) atoms. The third-order valence-electron chi connectivity index (χ3n) is 6.21. The van der Waals surface area contributed by atoms with Crippen LogP contribution in [0.5, 0.6) is 0 Å². The molecule has 1 aliphatic rings. The van der Waals surface area contributed by atoms with E-state index < -0.39 is 0 Å². The molecule has 2 aromatic carbocycles. The first-order valence-electron chi connectivity index (χ1n) is 11.2. The number of rotatable bonds is 10. The van der Waals surface area contributed by atoms with Crippen LogP contribution in [-0.2, 0) is 11.3 Å². The largest absolute Gasteiger partial charge is 0.377 e. The zero-order valence-corrected chi connectivity index (χ0v) is 17.5. The van der Waals surface area contributed by atoms with Gasteiger partial charge in [-0.15, -0.1) is 6.58 Å². The Morgan fingerprint density at radius 3 is 2.18 bits per heavy atom. The lowest BCUT2D eigenvalue weighted by atomic mass is 9.77. The number of hydrogen-bond donors (Lipinski definition) is 0. The maximum Gasteiger partial charge on any atom is 0.0716 e. The molecule has 0 saturated heterocycles. The number of unbranched alkanes of at least 4 members (excludes halogenated alkanes) is 1. The molecule has 1 saturated carbocycles. The van der Waals surface area contributed by atoms with E-state index >= 15 is 0 Å². The van der Waals surface area contributed by atoms with Gasteiger partial charge in [-0.05, 0) is 79.0 Å². The highest BCUT2D eigenvalue weighted by Crippen LogP contribution is 2.38. The van der Waals surface area contributed by atoms with Gasteiger partial charge in [0.25, 0.3) is 0 Å². The van der Waals surface area contributed by atoms with Gasteiger partial charge < -0.3 is 4.74 Å². The van der Waals surface area contributed by atoms with Crippen molar-refractivity contribution in [3.05, 3.63) is 72.3 Å². The van der Waals surface area contributed by atoms with E-state index in [9.17, 15) is 0 Å². The highest BCUT2D eigenvalue weighted by molar-refractivity contribution is 5.64. The van der Waals surface area contributed by atoms with Crippen molar-refractivity contribution < 1.29 is 4.74 Å². The second-order valence-corrected chi connectivity index (χ2v) is 8.31. The Morgan fingerprint density at radius 2 is 1.57 bits per heavy atom. The summed E-state index contributed by atoms with van der Waals surface area (Å²) in [5, 5.41) is 0. The zero-order chi connectivity index (χ0) is 19.6. The van der Waals surface area contributed by atoms with Crippen LogP contribution in [-0.4, -0.2) is 6.61 Å². The van der Waals surface area contributed by atoms with Crippen LogP contribution in [0, 0.1) is 5.92 Å². The van der Waals surface area contributed by atoms with Gasteiger partial charge in [0, 0.05) is 6.61 Å². The lowest BCUT2D eigenvalue weighted by molar-refractivity contribution is 0.118. The molecule has 0 bridgehead atoms. The van der Waals surface area contributed by atoms with Crippen molar-refractivity contribution in [2.75, 3.05) is 6.61 Å². The van der Waals surface area contributed by atoms with Crippen molar-refractivity contribution in [2.45, 2.75) is 70.8 Å². The molecule has 0 atom stereocenters. The first kappa shape index (κ1) is 20.9. The maximum absolute atomic E-state index is 5.71. The molecule has 0 heterocycles. The maximum atomic E-state index is 5.71. The third kappa shape index (κ3) is 6.07. The van der Waals surface area contributed by atoms with Crippen LogP contribution in [0.15, 0.2) is 61.2 Å². The first-order chi connectivity index (χ1) is 13.8. The summed E-state index contributed by atoms with van der Waals surface area (Å²) in [7, 11) is 0. The minimum absolute atomic E-state index is 0.717. The van der Waals surface area contributed by atoms with Gasteiger partial charge in [-0.2, -0.15) is 0 Å². The van der Waals surface area contributed by atoms with Gasteiger partial charge in [0.05, 0.1) is 6.61 Å². The average molecular weight is 377 g/mol. The predicted molar refractivity (Wildman–Crippen MR) is 121 cm³/mol. The Hall–Kier alpha value is -1.86. The van der Waals surface area contributed by atoms with Gasteiger partial charge in [-0.25, -0.2) is 0 Å². The molecule has 0 N–H and O–H groups in total. The van der Waals surface area contributed by atoms with E-state index in [1.807, 2.05) is 0 Å². The number of benzene rings is 2. The third-order valence-corrected chi connectivity index (χ3v) is 6.21. The molecule has 1 nitrogen and oxygen atoms in total. The molecule has 0 amide bonds. The van der Waals surface area contributed by atoms with Crippen LogP contribution in [0.2, 0.25) is 0 Å². The van der Waals surface area contributed by atoms with Crippen LogP contribution >= 0.6 is 0 Å². The van der Waals surface area contributed by atoms with E-state index in [0.717, 1.165) is 24.9 Å². The molecule has 150 valence electrons. The van der Waals surface area contributed by atoms with Crippen LogP contribution in [0.4, 0.5) is 0 Å². The second-order valence-electron chi connectivity index (χ2n) is 8.31. The van der Waals surface area contributed by atoms with Crippen molar-refractivity contribution in [3.8, 4) is 11.1 Å². The summed E-state index contributed by atoms with van der Waals surface area (Å²) in [6.07, 6.45) is 12.3. The molecule has 0 spiro atoms. The molecule has 0 unspecified atom stereocenters. The molecule has 1 aliphatic carbocycles. The fraction of sp³-hybridized carbons (Fsp3) is 0.481. The molecule has 0 aromatic heterocycles. The van der Waals surface area contributed by atoms with Crippen molar-refractivity contribution in [1.29, 1.82) is 0 Å². The summed E-state index contributed by atoms with van der Waals surface area (Å²) in [6.45, 7) is 7.63. The second kappa shape index (κ2) is 11.2. The van der Waals surface area contributed by atoms with E-state index in [1.54, 1.807) is 0 Å². The Labute approximate surface area is 171 Å². The van der Waals surface area contributed by atoms with Crippen molar-refractivity contribution in [1.82, 2.24) is 0 Å². The Bertz CT molecular complexity index is 690. The lowest BCUT2D eigenvalue weighted by Crippen LogP contribution is -2.13. The summed E-state index contributed by atoms with van der Waals surface area (Å²) < 4.78 is 5.71. The van der Waals surface area contributed by atoms with E-state index in [2.05, 4.69) is 68.1 Å². The highest BCUT2D eigenvalue weighted by Gasteiger charge is 2.21. The van der Waals surface area contributed by atoms with Crippen molar-refractivity contribution >= 4 is 0 Å². The standard InChI is InChI=1S/C27H36O/c1-3-5-7-22-8-12-24(13-9-22)26-16-18-27(19-17-26)25-14-10-23(11-15-25)21-28-20-6-4-2/h3,10-11,14-19,22,24H,1,4-9,12-13,20-21H2,2H3/t22-,24-. The molecular formula is C27H36O. The monoisotopic (exact) mass is 376 g/mol. The van der Waals surface area contributed by atoms with Crippen LogP contribution in [0.25, 0.3) is 11.1 Å². The molecule has 3 rings (SSSR count). The SMILES string of the molecule is C=CCC[C@H]1CC[C@H](c2ccc(-c3ccc(COCCCC)cc3)cc2)CC1. The van der Waals surface area contributed by atoms with Gasteiger partial charge in [0.2, 0.25) is 0 Å². The Morgan fingerprint density at radius 1 is 0.929 bits per heavy atom. The predicted octanol–water partition coefficient (Wildman–Crippen LogP) is 7.91. The summed E-state index contributed by atoms with van der Waals surface area (Å²) in [4.78, 5) is 0. The van der Waals surface area contributed by atoms with E-state index in [0.29, 0.717) is 6.61 Å². The molecule has 0 radical (unpaired) electrons. The fourth-order valence-corrected chi connectivity index (χ4v) is 4.32. The molecule has 1 fully saturated rings. The Kier molecular flexibility index (Phi) is 8.36.